The number of H-pyrrole nitrogens is 1. The van der Waals surface area contributed by atoms with Gasteiger partial charge in [-0.3, -0.25) is 4.98 Å². The predicted molar refractivity (Wildman–Crippen MR) is 95.6 cm³/mol. The van der Waals surface area contributed by atoms with E-state index in [2.05, 4.69) is 36.2 Å². The molecule has 0 amide bonds. The van der Waals surface area contributed by atoms with E-state index in [0.29, 0.717) is 34.1 Å². The van der Waals surface area contributed by atoms with Crippen molar-refractivity contribution in [3.05, 3.63) is 30.4 Å². The van der Waals surface area contributed by atoms with Crippen molar-refractivity contribution in [2.75, 3.05) is 24.5 Å². The molecule has 0 aliphatic carbocycles. The lowest BCUT2D eigenvalue weighted by atomic mass is 10.1. The minimum Gasteiger partial charge on any atom is -0.494 e. The fourth-order valence-corrected chi connectivity index (χ4v) is 4.11. The molecule has 0 saturated carbocycles. The SMILES string of the molecule is N#Cc1nccc2[nH]c(O)c(-c3cnc(N4CC5CCNC5C4)cn3)c12. The molecule has 0 bridgehead atoms. The molecule has 3 N–H and O–H groups in total. The number of pyridine rings is 1. The largest absolute Gasteiger partial charge is 0.494 e. The van der Waals surface area contributed by atoms with Crippen molar-refractivity contribution in [1.29, 1.82) is 5.26 Å². The molecular weight excluding hydrogens is 330 g/mol. The molecule has 8 heteroatoms. The zero-order valence-electron chi connectivity index (χ0n) is 14.0. The lowest BCUT2D eigenvalue weighted by Crippen LogP contribution is -2.30. The van der Waals surface area contributed by atoms with E-state index in [4.69, 9.17) is 0 Å². The Hall–Kier alpha value is -3.18. The van der Waals surface area contributed by atoms with Gasteiger partial charge >= 0.3 is 0 Å². The second kappa shape index (κ2) is 5.68. The maximum absolute atomic E-state index is 10.3. The van der Waals surface area contributed by atoms with Crippen LogP contribution in [-0.4, -0.2) is 50.7 Å². The summed E-state index contributed by atoms with van der Waals surface area (Å²) in [6.07, 6.45) is 6.12. The molecule has 2 atom stereocenters. The topological polar surface area (TPSA) is 114 Å². The molecule has 0 spiro atoms. The summed E-state index contributed by atoms with van der Waals surface area (Å²) >= 11 is 0. The summed E-state index contributed by atoms with van der Waals surface area (Å²) < 4.78 is 0. The van der Waals surface area contributed by atoms with Crippen molar-refractivity contribution >= 4 is 16.7 Å². The van der Waals surface area contributed by atoms with E-state index in [1.165, 1.54) is 12.6 Å². The molecule has 3 aromatic rings. The minimum absolute atomic E-state index is 0.0357. The maximum Gasteiger partial charge on any atom is 0.199 e. The summed E-state index contributed by atoms with van der Waals surface area (Å²) in [5.41, 5.74) is 1.87. The van der Waals surface area contributed by atoms with Crippen LogP contribution in [0.1, 0.15) is 12.1 Å². The number of aromatic nitrogens is 4. The van der Waals surface area contributed by atoms with Crippen LogP contribution in [0.2, 0.25) is 0 Å². The van der Waals surface area contributed by atoms with Gasteiger partial charge in [0.2, 0.25) is 0 Å². The van der Waals surface area contributed by atoms with Crippen LogP contribution in [0, 0.1) is 17.2 Å². The molecule has 3 aromatic heterocycles. The van der Waals surface area contributed by atoms with Crippen LogP contribution in [-0.2, 0) is 0 Å². The van der Waals surface area contributed by atoms with Gasteiger partial charge in [-0.1, -0.05) is 0 Å². The van der Waals surface area contributed by atoms with Crippen LogP contribution in [0.25, 0.3) is 22.2 Å². The molecule has 5 heterocycles. The van der Waals surface area contributed by atoms with Crippen LogP contribution in [0.3, 0.4) is 0 Å². The van der Waals surface area contributed by atoms with Crippen LogP contribution in [0.5, 0.6) is 5.88 Å². The third kappa shape index (κ3) is 2.21. The third-order valence-electron chi connectivity index (χ3n) is 5.38. The van der Waals surface area contributed by atoms with Crippen LogP contribution < -0.4 is 10.2 Å². The van der Waals surface area contributed by atoms with Gasteiger partial charge in [0.05, 0.1) is 29.2 Å². The standard InChI is InChI=1S/C18H17N7O/c19-5-12-16-11(2-4-20-12)24-18(26)17(16)13-6-23-15(7-22-13)25-8-10-1-3-21-14(10)9-25/h2,4,6-7,10,14,21,24,26H,1,3,8-9H2. The van der Waals surface area contributed by atoms with E-state index in [9.17, 15) is 10.4 Å². The van der Waals surface area contributed by atoms with Crippen molar-refractivity contribution in [3.63, 3.8) is 0 Å². The summed E-state index contributed by atoms with van der Waals surface area (Å²) in [5.74, 6) is 1.48. The Morgan fingerprint density at radius 1 is 1.23 bits per heavy atom. The molecule has 5 rings (SSSR count). The zero-order valence-corrected chi connectivity index (χ0v) is 14.0. The van der Waals surface area contributed by atoms with Crippen LogP contribution in [0.4, 0.5) is 5.82 Å². The van der Waals surface area contributed by atoms with E-state index in [-0.39, 0.29) is 11.6 Å². The van der Waals surface area contributed by atoms with E-state index < -0.39 is 0 Å². The first-order valence-electron chi connectivity index (χ1n) is 8.65. The number of nitrogens with one attached hydrogen (secondary N) is 2. The molecule has 8 nitrogen and oxygen atoms in total. The Labute approximate surface area is 149 Å². The monoisotopic (exact) mass is 347 g/mol. The normalized spacial score (nSPS) is 21.9. The molecule has 2 unspecified atom stereocenters. The van der Waals surface area contributed by atoms with Gasteiger partial charge in [-0.25, -0.2) is 9.97 Å². The number of aromatic hydroxyl groups is 1. The first kappa shape index (κ1) is 15.1. The van der Waals surface area contributed by atoms with Crippen molar-refractivity contribution in [1.82, 2.24) is 25.3 Å². The molecule has 26 heavy (non-hydrogen) atoms. The molecule has 130 valence electrons. The minimum atomic E-state index is -0.0357. The highest BCUT2D eigenvalue weighted by molar-refractivity contribution is 6.00. The van der Waals surface area contributed by atoms with E-state index in [1.54, 1.807) is 18.5 Å². The molecular formula is C18H17N7O. The Balaban J connectivity index is 1.51. The molecule has 0 aromatic carbocycles. The van der Waals surface area contributed by atoms with E-state index in [1.807, 2.05) is 0 Å². The quantitative estimate of drug-likeness (QED) is 0.642. The van der Waals surface area contributed by atoms with Crippen LogP contribution >= 0.6 is 0 Å². The lowest BCUT2D eigenvalue weighted by molar-refractivity contribution is 0.460. The number of hydrogen-bond acceptors (Lipinski definition) is 7. The number of nitriles is 1. The third-order valence-corrected chi connectivity index (χ3v) is 5.38. The number of rotatable bonds is 2. The number of fused-ring (bicyclic) bond motifs is 2. The average molecular weight is 347 g/mol. The predicted octanol–water partition coefficient (Wildman–Crippen LogP) is 1.40. The summed E-state index contributed by atoms with van der Waals surface area (Å²) in [5, 5.41) is 23.7. The van der Waals surface area contributed by atoms with Gasteiger partial charge in [0.1, 0.15) is 11.9 Å². The van der Waals surface area contributed by atoms with Gasteiger partial charge in [-0.15, -0.1) is 0 Å². The molecule has 2 aliphatic rings. The van der Waals surface area contributed by atoms with Gasteiger partial charge in [0.15, 0.2) is 11.6 Å². The van der Waals surface area contributed by atoms with Crippen molar-refractivity contribution in [2.24, 2.45) is 5.92 Å². The summed E-state index contributed by atoms with van der Waals surface area (Å²) in [4.78, 5) is 18.3. The highest BCUT2D eigenvalue weighted by atomic mass is 16.3. The Morgan fingerprint density at radius 3 is 2.92 bits per heavy atom. The van der Waals surface area contributed by atoms with Gasteiger partial charge < -0.3 is 20.3 Å². The first-order chi connectivity index (χ1) is 12.7. The van der Waals surface area contributed by atoms with Crippen LogP contribution in [0.15, 0.2) is 24.7 Å². The number of hydrogen-bond donors (Lipinski definition) is 3. The highest BCUT2D eigenvalue weighted by Gasteiger charge is 2.36. The number of aromatic amines is 1. The maximum atomic E-state index is 10.3. The summed E-state index contributed by atoms with van der Waals surface area (Å²) in [6.45, 7) is 3.04. The first-order valence-corrected chi connectivity index (χ1v) is 8.65. The molecule has 2 fully saturated rings. The van der Waals surface area contributed by atoms with Crippen molar-refractivity contribution < 1.29 is 5.11 Å². The second-order valence-corrected chi connectivity index (χ2v) is 6.82. The average Bonchev–Trinajstić information content (AvgIpc) is 3.33. The molecule has 0 radical (unpaired) electrons. The second-order valence-electron chi connectivity index (χ2n) is 6.82. The van der Waals surface area contributed by atoms with Crippen molar-refractivity contribution in [2.45, 2.75) is 12.5 Å². The number of anilines is 1. The Morgan fingerprint density at radius 2 is 2.15 bits per heavy atom. The van der Waals surface area contributed by atoms with E-state index >= 15 is 0 Å². The summed E-state index contributed by atoms with van der Waals surface area (Å²) in [7, 11) is 0. The van der Waals surface area contributed by atoms with Gasteiger partial charge in [-0.05, 0) is 24.9 Å². The van der Waals surface area contributed by atoms with E-state index in [0.717, 1.165) is 25.5 Å². The van der Waals surface area contributed by atoms with Gasteiger partial charge in [0.25, 0.3) is 0 Å². The lowest BCUT2D eigenvalue weighted by Gasteiger charge is -2.18. The molecule has 2 saturated heterocycles. The van der Waals surface area contributed by atoms with Crippen molar-refractivity contribution in [3.8, 4) is 23.2 Å². The Bertz CT molecular complexity index is 1010. The fraction of sp³-hybridized carbons (Fsp3) is 0.333. The number of nitrogens with zero attached hydrogens (tertiary/aromatic N) is 5. The fourth-order valence-electron chi connectivity index (χ4n) is 4.11. The van der Waals surface area contributed by atoms with Gasteiger partial charge in [-0.2, -0.15) is 5.26 Å². The Kier molecular flexibility index (Phi) is 3.30. The summed E-state index contributed by atoms with van der Waals surface area (Å²) in [6, 6.07) is 4.33. The van der Waals surface area contributed by atoms with Gasteiger partial charge in [0, 0.05) is 30.7 Å². The zero-order chi connectivity index (χ0) is 17.7. The molecule has 2 aliphatic heterocycles. The smallest absolute Gasteiger partial charge is 0.199 e. The highest BCUT2D eigenvalue weighted by Crippen LogP contribution is 2.37.